The molecule has 2 nitrogen and oxygen atoms in total. The molecule has 1 fully saturated rings. The lowest BCUT2D eigenvalue weighted by Gasteiger charge is -2.25. The van der Waals surface area contributed by atoms with Gasteiger partial charge in [-0.25, -0.2) is 0 Å². The molecule has 1 aliphatic carbocycles. The number of nitrogens with zero attached hydrogens (tertiary/aromatic N) is 2. The lowest BCUT2D eigenvalue weighted by atomic mass is 10.0. The average Bonchev–Trinajstić information content (AvgIpc) is 3.14. The molecule has 0 heterocycles. The van der Waals surface area contributed by atoms with Gasteiger partial charge < -0.3 is 9.80 Å². The Morgan fingerprint density at radius 3 is 0.646 bits per heavy atom. The van der Waals surface area contributed by atoms with Crippen molar-refractivity contribution in [1.29, 1.82) is 0 Å². The van der Waals surface area contributed by atoms with Crippen LogP contribution in [0, 0.1) is 27.7 Å². The zero-order valence-corrected chi connectivity index (χ0v) is 29.1. The van der Waals surface area contributed by atoms with Crippen LogP contribution in [0.25, 0.3) is 0 Å². The lowest BCUT2D eigenvalue weighted by Crippen LogP contribution is -2.09. The van der Waals surface area contributed by atoms with Gasteiger partial charge in [-0.05, 0) is 100 Å². The molecular formula is C46H50N2. The number of aryl methyl sites for hydroxylation is 4. The van der Waals surface area contributed by atoms with Crippen molar-refractivity contribution in [2.45, 2.75) is 66.2 Å². The summed E-state index contributed by atoms with van der Waals surface area (Å²) in [4.78, 5) is 4.55. The van der Waals surface area contributed by atoms with Gasteiger partial charge in [-0.2, -0.15) is 0 Å². The number of hydrogen-bond acceptors (Lipinski definition) is 2. The van der Waals surface area contributed by atoms with Crippen LogP contribution >= 0.6 is 0 Å². The van der Waals surface area contributed by atoms with Crippen LogP contribution in [0.2, 0.25) is 0 Å². The topological polar surface area (TPSA) is 6.48 Å². The van der Waals surface area contributed by atoms with E-state index in [-0.39, 0.29) is 0 Å². The predicted molar refractivity (Wildman–Crippen MR) is 209 cm³/mol. The highest BCUT2D eigenvalue weighted by atomic mass is 15.1. The molecule has 7 rings (SSSR count). The Labute approximate surface area is 289 Å². The number of hydrogen-bond donors (Lipinski definition) is 0. The van der Waals surface area contributed by atoms with Crippen molar-refractivity contribution in [1.82, 2.24) is 0 Å². The Morgan fingerprint density at radius 2 is 0.438 bits per heavy atom. The lowest BCUT2D eigenvalue weighted by molar-refractivity contribution is 0.504. The summed E-state index contributed by atoms with van der Waals surface area (Å²) in [6, 6.07) is 55.5. The van der Waals surface area contributed by atoms with E-state index in [1.54, 1.807) is 0 Å². The van der Waals surface area contributed by atoms with Crippen molar-refractivity contribution in [3.05, 3.63) is 180 Å². The minimum atomic E-state index is 1.17. The highest BCUT2D eigenvalue weighted by Gasteiger charge is 2.12. The van der Waals surface area contributed by atoms with E-state index in [0.29, 0.717) is 0 Å². The standard InChI is InChI=1S/2C20H19N.C6H12/c2*1-16-8-12-19(13-9-16)21(18-6-4-3-5-7-18)20-14-10-17(2)11-15-20;1-2-4-6-5-3-1/h2*3-15H,1-2H3;1-6H2. The van der Waals surface area contributed by atoms with Crippen molar-refractivity contribution >= 4 is 34.1 Å². The molecule has 0 aromatic heterocycles. The third-order valence-electron chi connectivity index (χ3n) is 8.70. The van der Waals surface area contributed by atoms with Crippen molar-refractivity contribution in [2.24, 2.45) is 0 Å². The Hall–Kier alpha value is -5.08. The van der Waals surface area contributed by atoms with E-state index in [4.69, 9.17) is 0 Å². The summed E-state index contributed by atoms with van der Waals surface area (Å²) in [6.45, 7) is 8.45. The Morgan fingerprint density at radius 1 is 0.250 bits per heavy atom. The fourth-order valence-corrected chi connectivity index (χ4v) is 5.88. The molecule has 0 atom stereocenters. The summed E-state index contributed by atoms with van der Waals surface area (Å²) >= 11 is 0. The average molecular weight is 631 g/mol. The number of anilines is 6. The van der Waals surface area contributed by atoms with Gasteiger partial charge in [0.2, 0.25) is 0 Å². The summed E-state index contributed by atoms with van der Waals surface area (Å²) in [5.74, 6) is 0. The fourth-order valence-electron chi connectivity index (χ4n) is 5.88. The van der Waals surface area contributed by atoms with Crippen molar-refractivity contribution in [2.75, 3.05) is 9.80 Å². The minimum Gasteiger partial charge on any atom is -0.311 e. The van der Waals surface area contributed by atoms with Crippen LogP contribution in [-0.2, 0) is 0 Å². The molecule has 0 N–H and O–H groups in total. The second-order valence-corrected chi connectivity index (χ2v) is 12.8. The largest absolute Gasteiger partial charge is 0.311 e. The molecule has 2 heteroatoms. The molecular weight excluding hydrogens is 581 g/mol. The van der Waals surface area contributed by atoms with Gasteiger partial charge in [0.05, 0.1) is 0 Å². The normalized spacial score (nSPS) is 12.1. The van der Waals surface area contributed by atoms with E-state index >= 15 is 0 Å². The second-order valence-electron chi connectivity index (χ2n) is 12.8. The molecule has 6 aromatic carbocycles. The first-order valence-electron chi connectivity index (χ1n) is 17.4. The highest BCUT2D eigenvalue weighted by Crippen LogP contribution is 2.35. The molecule has 0 aliphatic heterocycles. The molecule has 0 unspecified atom stereocenters. The third kappa shape index (κ3) is 9.96. The maximum Gasteiger partial charge on any atom is 0.0461 e. The summed E-state index contributed by atoms with van der Waals surface area (Å²) < 4.78 is 0. The summed E-state index contributed by atoms with van der Waals surface area (Å²) in [7, 11) is 0. The zero-order valence-electron chi connectivity index (χ0n) is 29.1. The third-order valence-corrected chi connectivity index (χ3v) is 8.70. The summed E-state index contributed by atoms with van der Waals surface area (Å²) in [5, 5.41) is 0. The molecule has 0 saturated heterocycles. The van der Waals surface area contributed by atoms with Crippen LogP contribution in [0.1, 0.15) is 60.8 Å². The van der Waals surface area contributed by atoms with Crippen LogP contribution in [0.15, 0.2) is 158 Å². The molecule has 244 valence electrons. The highest BCUT2D eigenvalue weighted by molar-refractivity contribution is 5.77. The van der Waals surface area contributed by atoms with Crippen molar-refractivity contribution in [3.63, 3.8) is 0 Å². The molecule has 0 spiro atoms. The van der Waals surface area contributed by atoms with E-state index in [0.717, 1.165) is 0 Å². The minimum absolute atomic E-state index is 1.17. The van der Waals surface area contributed by atoms with E-state index in [9.17, 15) is 0 Å². The quantitative estimate of drug-likeness (QED) is 0.181. The number of benzene rings is 6. The SMILES string of the molecule is C1CCCCC1.Cc1ccc(N(c2ccccc2)c2ccc(C)cc2)cc1.Cc1ccc(N(c2ccccc2)c2ccc(C)cc2)cc1. The fraction of sp³-hybridized carbons (Fsp3) is 0.217. The molecule has 48 heavy (non-hydrogen) atoms. The molecule has 0 radical (unpaired) electrons. The molecule has 1 saturated carbocycles. The number of para-hydroxylation sites is 2. The predicted octanol–water partition coefficient (Wildman–Crippen LogP) is 13.9. The zero-order chi connectivity index (χ0) is 33.6. The molecule has 0 amide bonds. The van der Waals surface area contributed by atoms with Gasteiger partial charge in [0.15, 0.2) is 0 Å². The summed E-state index contributed by atoms with van der Waals surface area (Å²) in [5.41, 5.74) is 12.1. The van der Waals surface area contributed by atoms with E-state index < -0.39 is 0 Å². The Kier molecular flexibility index (Phi) is 12.7. The van der Waals surface area contributed by atoms with E-state index in [1.807, 2.05) is 12.1 Å². The number of rotatable bonds is 6. The molecule has 6 aromatic rings. The Bertz CT molecular complexity index is 1520. The second kappa shape index (κ2) is 17.7. The monoisotopic (exact) mass is 630 g/mol. The van der Waals surface area contributed by atoms with Crippen LogP contribution in [0.3, 0.4) is 0 Å². The first kappa shape index (κ1) is 34.3. The van der Waals surface area contributed by atoms with Gasteiger partial charge in [-0.3, -0.25) is 0 Å². The van der Waals surface area contributed by atoms with Crippen LogP contribution in [0.5, 0.6) is 0 Å². The molecule has 0 bridgehead atoms. The van der Waals surface area contributed by atoms with E-state index in [1.165, 1.54) is 94.9 Å². The van der Waals surface area contributed by atoms with Crippen LogP contribution in [-0.4, -0.2) is 0 Å². The smallest absolute Gasteiger partial charge is 0.0461 e. The Balaban J connectivity index is 0.000000160. The molecule has 1 aliphatic rings. The van der Waals surface area contributed by atoms with Gasteiger partial charge in [0.25, 0.3) is 0 Å². The first-order chi connectivity index (χ1) is 23.5. The van der Waals surface area contributed by atoms with Gasteiger partial charge in [0, 0.05) is 34.1 Å². The van der Waals surface area contributed by atoms with Crippen molar-refractivity contribution in [3.8, 4) is 0 Å². The van der Waals surface area contributed by atoms with Gasteiger partial charge >= 0.3 is 0 Å². The van der Waals surface area contributed by atoms with Crippen LogP contribution in [0.4, 0.5) is 34.1 Å². The van der Waals surface area contributed by atoms with Crippen LogP contribution < -0.4 is 9.80 Å². The maximum absolute atomic E-state index is 2.28. The summed E-state index contributed by atoms with van der Waals surface area (Å²) in [6.07, 6.45) is 9.00. The first-order valence-corrected chi connectivity index (χ1v) is 17.4. The van der Waals surface area contributed by atoms with Gasteiger partial charge in [-0.15, -0.1) is 0 Å². The van der Waals surface area contributed by atoms with Crippen molar-refractivity contribution < 1.29 is 0 Å². The maximum atomic E-state index is 2.28. The van der Waals surface area contributed by atoms with Gasteiger partial charge in [0.1, 0.15) is 0 Å². The van der Waals surface area contributed by atoms with E-state index in [2.05, 4.69) is 183 Å². The van der Waals surface area contributed by atoms with Gasteiger partial charge in [-0.1, -0.05) is 146 Å².